The lowest BCUT2D eigenvalue weighted by Gasteiger charge is -2.29. The van der Waals surface area contributed by atoms with E-state index < -0.39 is 11.9 Å². The lowest BCUT2D eigenvalue weighted by molar-refractivity contribution is -0.184. The number of ether oxygens (including phenoxy) is 4. The van der Waals surface area contributed by atoms with E-state index in [2.05, 4.69) is 10.3 Å². The summed E-state index contributed by atoms with van der Waals surface area (Å²) in [6, 6.07) is 15.4. The molecule has 1 fully saturated rings. The summed E-state index contributed by atoms with van der Waals surface area (Å²) in [5, 5.41) is 2.69. The molecule has 0 saturated carbocycles. The first-order chi connectivity index (χ1) is 16.1. The van der Waals surface area contributed by atoms with Gasteiger partial charge in [0.15, 0.2) is 0 Å². The average Bonchev–Trinajstić information content (AvgIpc) is 3.50. The minimum Gasteiger partial charge on any atom is -0.497 e. The van der Waals surface area contributed by atoms with Crippen LogP contribution in [0.2, 0.25) is 0 Å². The van der Waals surface area contributed by atoms with E-state index in [0.717, 1.165) is 22.0 Å². The van der Waals surface area contributed by atoms with Crippen molar-refractivity contribution in [1.82, 2.24) is 9.55 Å². The second-order valence-corrected chi connectivity index (χ2v) is 8.54. The number of nitrogens with one attached hydrogen (secondary N) is 1. The molecular formula is C24H27N3O5S. The van der Waals surface area contributed by atoms with Gasteiger partial charge in [0.25, 0.3) is 0 Å². The summed E-state index contributed by atoms with van der Waals surface area (Å²) in [5.74, 6) is 0.612. The Kier molecular flexibility index (Phi) is 7.54. The fourth-order valence-corrected chi connectivity index (χ4v) is 4.42. The molecule has 9 heteroatoms. The van der Waals surface area contributed by atoms with Gasteiger partial charge in [0, 0.05) is 34.3 Å². The highest BCUT2D eigenvalue weighted by Gasteiger charge is 2.43. The molecule has 3 aromatic rings. The number of carbonyl (C=O) groups is 1. The van der Waals surface area contributed by atoms with Crippen LogP contribution in [0.3, 0.4) is 0 Å². The number of aromatic nitrogens is 2. The lowest BCUT2D eigenvalue weighted by atomic mass is 10.1. The fourth-order valence-electron chi connectivity index (χ4n) is 3.55. The number of amides is 1. The van der Waals surface area contributed by atoms with Crippen LogP contribution in [0.5, 0.6) is 5.75 Å². The summed E-state index contributed by atoms with van der Waals surface area (Å²) in [6.45, 7) is 3.08. The first kappa shape index (κ1) is 23.2. The Morgan fingerprint density at radius 1 is 1.24 bits per heavy atom. The van der Waals surface area contributed by atoms with E-state index in [4.69, 9.17) is 18.9 Å². The van der Waals surface area contributed by atoms with Crippen molar-refractivity contribution in [3.8, 4) is 5.75 Å². The molecule has 33 heavy (non-hydrogen) atoms. The Hall–Kier alpha value is -3.01. The number of hydrogen-bond acceptors (Lipinski definition) is 7. The van der Waals surface area contributed by atoms with Crippen LogP contribution in [0.1, 0.15) is 12.5 Å². The first-order valence-electron chi connectivity index (χ1n) is 10.7. The van der Waals surface area contributed by atoms with Crippen molar-refractivity contribution < 1.29 is 23.7 Å². The van der Waals surface area contributed by atoms with Gasteiger partial charge in [-0.15, -0.1) is 11.8 Å². The number of rotatable bonds is 9. The number of thioether (sulfide) groups is 1. The number of nitrogens with zero attached hydrogens (tertiary/aromatic N) is 2. The monoisotopic (exact) mass is 469 g/mol. The molecule has 0 spiro atoms. The van der Waals surface area contributed by atoms with Crippen molar-refractivity contribution in [3.63, 3.8) is 0 Å². The molecule has 2 atom stereocenters. The van der Waals surface area contributed by atoms with Gasteiger partial charge in [0.1, 0.15) is 5.75 Å². The van der Waals surface area contributed by atoms with Crippen molar-refractivity contribution in [2.45, 2.75) is 30.3 Å². The second kappa shape index (κ2) is 10.7. The van der Waals surface area contributed by atoms with Gasteiger partial charge in [0.05, 0.1) is 39.3 Å². The van der Waals surface area contributed by atoms with Crippen LogP contribution in [0.4, 0.5) is 10.5 Å². The van der Waals surface area contributed by atoms with Gasteiger partial charge < -0.3 is 23.5 Å². The van der Waals surface area contributed by atoms with Crippen molar-refractivity contribution >= 4 is 23.5 Å². The fraction of sp³-hybridized carbons (Fsp3) is 0.333. The highest BCUT2D eigenvalue weighted by molar-refractivity contribution is 7.99. The molecule has 1 saturated heterocycles. The predicted molar refractivity (Wildman–Crippen MR) is 126 cm³/mol. The number of hydrogen-bond donors (Lipinski definition) is 1. The topological polar surface area (TPSA) is 83.8 Å². The molecule has 0 aliphatic carbocycles. The third-order valence-corrected chi connectivity index (χ3v) is 6.30. The molecule has 174 valence electrons. The molecule has 2 unspecified atom stereocenters. The third kappa shape index (κ3) is 5.87. The molecule has 0 radical (unpaired) electrons. The van der Waals surface area contributed by atoms with Gasteiger partial charge in [-0.1, -0.05) is 0 Å². The highest BCUT2D eigenvalue weighted by atomic mass is 32.2. The van der Waals surface area contributed by atoms with Gasteiger partial charge >= 0.3 is 6.09 Å². The Morgan fingerprint density at radius 2 is 2.03 bits per heavy atom. The average molecular weight is 470 g/mol. The normalized spacial score (nSPS) is 19.9. The third-order valence-electron chi connectivity index (χ3n) is 5.15. The SMILES string of the molecule is CCOC(=O)Nc1ccc(SCC2COC(Cn3ccnc3)(c3ccc(OC)cc3)O2)cc1. The van der Waals surface area contributed by atoms with E-state index in [9.17, 15) is 4.79 Å². The molecule has 1 amide bonds. The van der Waals surface area contributed by atoms with Crippen LogP contribution >= 0.6 is 11.8 Å². The van der Waals surface area contributed by atoms with Gasteiger partial charge in [-0.3, -0.25) is 5.32 Å². The maximum absolute atomic E-state index is 11.5. The smallest absolute Gasteiger partial charge is 0.411 e. The van der Waals surface area contributed by atoms with Gasteiger partial charge in [-0.05, 0) is 55.5 Å². The Labute approximate surface area is 197 Å². The zero-order valence-electron chi connectivity index (χ0n) is 18.6. The van der Waals surface area contributed by atoms with Crippen LogP contribution < -0.4 is 10.1 Å². The maximum atomic E-state index is 11.5. The summed E-state index contributed by atoms with van der Waals surface area (Å²) in [6.07, 6.45) is 4.85. The lowest BCUT2D eigenvalue weighted by Crippen LogP contribution is -2.33. The molecule has 1 aromatic heterocycles. The number of benzene rings is 2. The van der Waals surface area contributed by atoms with Gasteiger partial charge in [0.2, 0.25) is 5.79 Å². The molecule has 4 rings (SSSR count). The Balaban J connectivity index is 1.40. The summed E-state index contributed by atoms with van der Waals surface area (Å²) in [4.78, 5) is 16.8. The maximum Gasteiger partial charge on any atom is 0.411 e. The molecule has 0 bridgehead atoms. The second-order valence-electron chi connectivity index (χ2n) is 7.45. The zero-order valence-corrected chi connectivity index (χ0v) is 19.4. The summed E-state index contributed by atoms with van der Waals surface area (Å²) in [7, 11) is 1.64. The van der Waals surface area contributed by atoms with Crippen LogP contribution in [0.25, 0.3) is 0 Å². The van der Waals surface area contributed by atoms with Crippen LogP contribution in [0, 0.1) is 0 Å². The van der Waals surface area contributed by atoms with Crippen molar-refractivity contribution in [2.24, 2.45) is 0 Å². The van der Waals surface area contributed by atoms with Crippen molar-refractivity contribution in [1.29, 1.82) is 0 Å². The molecule has 1 N–H and O–H groups in total. The highest BCUT2D eigenvalue weighted by Crippen LogP contribution is 2.38. The first-order valence-corrected chi connectivity index (χ1v) is 11.7. The molecule has 2 aromatic carbocycles. The van der Waals surface area contributed by atoms with E-state index in [1.54, 1.807) is 38.3 Å². The summed E-state index contributed by atoms with van der Waals surface area (Å²) < 4.78 is 24.9. The Bertz CT molecular complexity index is 1030. The number of carbonyl (C=O) groups excluding carboxylic acids is 1. The van der Waals surface area contributed by atoms with Gasteiger partial charge in [-0.2, -0.15) is 0 Å². The van der Waals surface area contributed by atoms with Crippen LogP contribution in [0.15, 0.2) is 72.1 Å². The molecule has 2 heterocycles. The van der Waals surface area contributed by atoms with E-state index in [0.29, 0.717) is 25.4 Å². The molecule has 8 nitrogen and oxygen atoms in total. The van der Waals surface area contributed by atoms with Crippen molar-refractivity contribution in [2.75, 3.05) is 31.4 Å². The molecular weight excluding hydrogens is 442 g/mol. The number of anilines is 1. The zero-order chi connectivity index (χ0) is 23.1. The van der Waals surface area contributed by atoms with Crippen LogP contribution in [-0.2, 0) is 26.5 Å². The molecule has 1 aliphatic heterocycles. The number of imidazole rings is 1. The minimum atomic E-state index is -0.897. The predicted octanol–water partition coefficient (Wildman–Crippen LogP) is 4.52. The quantitative estimate of drug-likeness (QED) is 0.461. The van der Waals surface area contributed by atoms with Crippen LogP contribution in [-0.4, -0.2) is 47.8 Å². The van der Waals surface area contributed by atoms with E-state index >= 15 is 0 Å². The largest absolute Gasteiger partial charge is 0.497 e. The van der Waals surface area contributed by atoms with E-state index in [1.165, 1.54) is 0 Å². The summed E-state index contributed by atoms with van der Waals surface area (Å²) in [5.41, 5.74) is 1.62. The van der Waals surface area contributed by atoms with E-state index in [1.807, 2.05) is 59.3 Å². The molecule has 1 aliphatic rings. The summed E-state index contributed by atoms with van der Waals surface area (Å²) >= 11 is 1.68. The van der Waals surface area contributed by atoms with E-state index in [-0.39, 0.29) is 6.10 Å². The Morgan fingerprint density at radius 3 is 2.70 bits per heavy atom. The van der Waals surface area contributed by atoms with Gasteiger partial charge in [-0.25, -0.2) is 9.78 Å². The number of methoxy groups -OCH3 is 1. The van der Waals surface area contributed by atoms with Crippen molar-refractivity contribution in [3.05, 3.63) is 72.8 Å². The standard InChI is InChI=1S/C24H27N3O5S/c1-3-30-23(28)26-19-6-10-22(11-7-19)33-15-21-14-31-24(32-21,16-27-13-12-25-17-27)18-4-8-20(29-2)9-5-18/h4-13,17,21H,3,14-16H2,1-2H3,(H,26,28). The minimum absolute atomic E-state index is 0.0852.